The maximum Gasteiger partial charge on any atom is 0.218 e. The lowest BCUT2D eigenvalue weighted by molar-refractivity contribution is 0.0960. The van der Waals surface area contributed by atoms with E-state index in [2.05, 4.69) is 30.2 Å². The normalized spacial score (nSPS) is 10.7. The van der Waals surface area contributed by atoms with Gasteiger partial charge in [-0.3, -0.25) is 0 Å². The number of nitrogens with one attached hydrogen (secondary N) is 1. The highest BCUT2D eigenvalue weighted by Gasteiger charge is 2.09. The number of aromatic nitrogens is 1. The third-order valence-corrected chi connectivity index (χ3v) is 2.90. The third kappa shape index (κ3) is 5.57. The monoisotopic (exact) mass is 266 g/mol. The Morgan fingerprint density at radius 1 is 1.21 bits per heavy atom. The second-order valence-electron chi connectivity index (χ2n) is 4.71. The number of hydrogen-bond donors (Lipinski definition) is 1. The zero-order valence-corrected chi connectivity index (χ0v) is 12.6. The minimum Gasteiger partial charge on any atom is -0.475 e. The van der Waals surface area contributed by atoms with E-state index in [9.17, 15) is 0 Å². The molecule has 4 nitrogen and oxygen atoms in total. The smallest absolute Gasteiger partial charge is 0.218 e. The molecule has 0 aliphatic carbocycles. The van der Waals surface area contributed by atoms with E-state index < -0.39 is 0 Å². The Kier molecular flexibility index (Phi) is 7.45. The van der Waals surface area contributed by atoms with Crippen LogP contribution in [0.25, 0.3) is 0 Å². The van der Waals surface area contributed by atoms with E-state index in [-0.39, 0.29) is 0 Å². The van der Waals surface area contributed by atoms with Crippen LogP contribution in [0.3, 0.4) is 0 Å². The summed E-state index contributed by atoms with van der Waals surface area (Å²) in [7, 11) is 1.93. The van der Waals surface area contributed by atoms with Gasteiger partial charge in [-0.2, -0.15) is 0 Å². The molecule has 0 unspecified atom stereocenters. The Hall–Kier alpha value is -1.13. The van der Waals surface area contributed by atoms with Crippen LogP contribution < -0.4 is 10.1 Å². The van der Waals surface area contributed by atoms with Gasteiger partial charge in [0.15, 0.2) is 0 Å². The molecule has 0 saturated heterocycles. The molecule has 0 aromatic carbocycles. The maximum absolute atomic E-state index is 5.76. The Bertz CT molecular complexity index is 381. The predicted molar refractivity (Wildman–Crippen MR) is 77.7 cm³/mol. The molecule has 0 aliphatic rings. The molecule has 0 atom stereocenters. The fourth-order valence-corrected chi connectivity index (χ4v) is 1.89. The molecule has 0 saturated carbocycles. The first-order valence-corrected chi connectivity index (χ1v) is 7.01. The molecular weight excluding hydrogens is 240 g/mol. The van der Waals surface area contributed by atoms with E-state index in [1.165, 1.54) is 5.56 Å². The van der Waals surface area contributed by atoms with Gasteiger partial charge >= 0.3 is 0 Å². The Balaban J connectivity index is 2.51. The second-order valence-corrected chi connectivity index (χ2v) is 4.71. The molecule has 1 aromatic heterocycles. The molecule has 108 valence electrons. The fraction of sp³-hybridized carbons (Fsp3) is 0.667. The first-order chi connectivity index (χ1) is 9.19. The van der Waals surface area contributed by atoms with Crippen molar-refractivity contribution in [2.75, 3.05) is 26.9 Å². The average molecular weight is 266 g/mol. The first kappa shape index (κ1) is 15.9. The van der Waals surface area contributed by atoms with Gasteiger partial charge in [-0.1, -0.05) is 13.3 Å². The highest BCUT2D eigenvalue weighted by Crippen LogP contribution is 2.20. The summed E-state index contributed by atoms with van der Waals surface area (Å²) in [4.78, 5) is 4.47. The fourth-order valence-electron chi connectivity index (χ4n) is 1.89. The van der Waals surface area contributed by atoms with Crippen molar-refractivity contribution >= 4 is 0 Å². The summed E-state index contributed by atoms with van der Waals surface area (Å²) in [5, 5.41) is 3.15. The average Bonchev–Trinajstić information content (AvgIpc) is 2.37. The topological polar surface area (TPSA) is 43.4 Å². The van der Waals surface area contributed by atoms with Gasteiger partial charge in [-0.05, 0) is 38.9 Å². The zero-order valence-electron chi connectivity index (χ0n) is 12.6. The van der Waals surface area contributed by atoms with Crippen LogP contribution in [0.2, 0.25) is 0 Å². The number of nitrogens with zero attached hydrogens (tertiary/aromatic N) is 1. The summed E-state index contributed by atoms with van der Waals surface area (Å²) < 4.78 is 11.2. The van der Waals surface area contributed by atoms with E-state index in [0.29, 0.717) is 13.2 Å². The summed E-state index contributed by atoms with van der Waals surface area (Å²) in [6.07, 6.45) is 2.26. The SMILES string of the molecule is CCCCOCCOc1nc(C)cc(C)c1CNC. The lowest BCUT2D eigenvalue weighted by Crippen LogP contribution is -2.14. The van der Waals surface area contributed by atoms with Crippen LogP contribution >= 0.6 is 0 Å². The molecule has 1 rings (SSSR count). The van der Waals surface area contributed by atoms with Crippen molar-refractivity contribution < 1.29 is 9.47 Å². The highest BCUT2D eigenvalue weighted by atomic mass is 16.5. The summed E-state index contributed by atoms with van der Waals surface area (Å²) >= 11 is 0. The van der Waals surface area contributed by atoms with Crippen molar-refractivity contribution in [2.45, 2.75) is 40.2 Å². The first-order valence-electron chi connectivity index (χ1n) is 7.01. The second kappa shape index (κ2) is 8.88. The van der Waals surface area contributed by atoms with Crippen molar-refractivity contribution in [3.8, 4) is 5.88 Å². The standard InChI is InChI=1S/C15H26N2O2/c1-5-6-7-18-8-9-19-15-14(11-16-4)12(2)10-13(3)17-15/h10,16H,5-9,11H2,1-4H3. The van der Waals surface area contributed by atoms with Crippen LogP contribution in [0, 0.1) is 13.8 Å². The van der Waals surface area contributed by atoms with E-state index in [1.54, 1.807) is 0 Å². The molecule has 0 aliphatic heterocycles. The van der Waals surface area contributed by atoms with Crippen LogP contribution in [-0.2, 0) is 11.3 Å². The molecule has 1 heterocycles. The molecule has 19 heavy (non-hydrogen) atoms. The Morgan fingerprint density at radius 3 is 2.68 bits per heavy atom. The summed E-state index contributed by atoms with van der Waals surface area (Å²) in [5.41, 5.74) is 3.32. The number of aryl methyl sites for hydroxylation is 2. The van der Waals surface area contributed by atoms with Gasteiger partial charge in [0, 0.05) is 24.4 Å². The van der Waals surface area contributed by atoms with E-state index in [1.807, 2.05) is 14.0 Å². The van der Waals surface area contributed by atoms with Crippen LogP contribution in [0.5, 0.6) is 5.88 Å². The van der Waals surface area contributed by atoms with E-state index in [4.69, 9.17) is 9.47 Å². The number of hydrogen-bond acceptors (Lipinski definition) is 4. The van der Waals surface area contributed by atoms with Crippen molar-refractivity contribution in [1.82, 2.24) is 10.3 Å². The summed E-state index contributed by atoms with van der Waals surface area (Å²) in [6, 6.07) is 2.08. The maximum atomic E-state index is 5.76. The van der Waals surface area contributed by atoms with Gasteiger partial charge in [0.2, 0.25) is 5.88 Å². The number of rotatable bonds is 9. The molecule has 0 bridgehead atoms. The minimum absolute atomic E-state index is 0.552. The van der Waals surface area contributed by atoms with Crippen LogP contribution in [0.4, 0.5) is 0 Å². The van der Waals surface area contributed by atoms with E-state index in [0.717, 1.165) is 43.1 Å². The third-order valence-electron chi connectivity index (χ3n) is 2.90. The summed E-state index contributed by atoms with van der Waals surface area (Å²) in [5.74, 6) is 0.728. The van der Waals surface area contributed by atoms with Gasteiger partial charge in [0.05, 0.1) is 6.61 Å². The largest absolute Gasteiger partial charge is 0.475 e. The number of unbranched alkanes of at least 4 members (excludes halogenated alkanes) is 1. The molecule has 1 aromatic rings. The van der Waals surface area contributed by atoms with Gasteiger partial charge in [0.1, 0.15) is 6.61 Å². The van der Waals surface area contributed by atoms with Crippen LogP contribution in [-0.4, -0.2) is 31.9 Å². The molecule has 0 amide bonds. The number of pyridine rings is 1. The van der Waals surface area contributed by atoms with Gasteiger partial charge in [-0.25, -0.2) is 4.98 Å². The molecule has 1 N–H and O–H groups in total. The van der Waals surface area contributed by atoms with Crippen molar-refractivity contribution in [2.24, 2.45) is 0 Å². The van der Waals surface area contributed by atoms with Crippen molar-refractivity contribution in [3.05, 3.63) is 22.9 Å². The van der Waals surface area contributed by atoms with Crippen molar-refractivity contribution in [3.63, 3.8) is 0 Å². The molecule has 4 heteroatoms. The van der Waals surface area contributed by atoms with E-state index >= 15 is 0 Å². The highest BCUT2D eigenvalue weighted by molar-refractivity contribution is 5.35. The quantitative estimate of drug-likeness (QED) is 0.698. The van der Waals surface area contributed by atoms with Gasteiger partial charge in [0.25, 0.3) is 0 Å². The van der Waals surface area contributed by atoms with Crippen molar-refractivity contribution in [1.29, 1.82) is 0 Å². The predicted octanol–water partition coefficient (Wildman–Crippen LogP) is 2.61. The minimum atomic E-state index is 0.552. The van der Waals surface area contributed by atoms with Gasteiger partial charge in [-0.15, -0.1) is 0 Å². The molecule has 0 radical (unpaired) electrons. The summed E-state index contributed by atoms with van der Waals surface area (Å²) in [6.45, 7) is 8.98. The number of ether oxygens (including phenoxy) is 2. The van der Waals surface area contributed by atoms with Crippen LogP contribution in [0.15, 0.2) is 6.07 Å². The Morgan fingerprint density at radius 2 is 2.00 bits per heavy atom. The van der Waals surface area contributed by atoms with Gasteiger partial charge < -0.3 is 14.8 Å². The lowest BCUT2D eigenvalue weighted by Gasteiger charge is -2.13. The molecule has 0 spiro atoms. The zero-order chi connectivity index (χ0) is 14.1. The molecular formula is C15H26N2O2. The Labute approximate surface area is 116 Å². The van der Waals surface area contributed by atoms with Crippen LogP contribution in [0.1, 0.15) is 36.6 Å². The molecule has 0 fully saturated rings. The lowest BCUT2D eigenvalue weighted by atomic mass is 10.1.